The maximum Gasteiger partial charge on any atom is 0.325 e. The van der Waals surface area contributed by atoms with E-state index >= 15 is 0 Å². The number of hydrogen-bond acceptors (Lipinski definition) is 4. The molecule has 6 rings (SSSR count). The first-order valence-corrected chi connectivity index (χ1v) is 12.8. The van der Waals surface area contributed by atoms with Gasteiger partial charge in [0.25, 0.3) is 0 Å². The van der Waals surface area contributed by atoms with Crippen LogP contribution in [0, 0.1) is 25.7 Å². The third kappa shape index (κ3) is 3.65. The van der Waals surface area contributed by atoms with E-state index in [1.165, 1.54) is 4.90 Å². The second-order valence-electron chi connectivity index (χ2n) is 10.5. The van der Waals surface area contributed by atoms with Crippen LogP contribution in [0.25, 0.3) is 10.9 Å². The lowest BCUT2D eigenvalue weighted by molar-refractivity contribution is -0.151. The summed E-state index contributed by atoms with van der Waals surface area (Å²) in [5, 5.41) is 15.1. The molecule has 192 valence electrons. The molecule has 2 amide bonds. The Morgan fingerprint density at radius 1 is 0.974 bits per heavy atom. The average Bonchev–Trinajstić information content (AvgIpc) is 3.55. The van der Waals surface area contributed by atoms with Crippen LogP contribution in [0.2, 0.25) is 0 Å². The highest BCUT2D eigenvalue weighted by Crippen LogP contribution is 2.51. The number of imide groups is 1. The molecule has 0 bridgehead atoms. The molecule has 3 N–H and O–H groups in total. The molecule has 2 saturated heterocycles. The Morgan fingerprint density at radius 2 is 1.71 bits per heavy atom. The van der Waals surface area contributed by atoms with Gasteiger partial charge in [-0.2, -0.15) is 0 Å². The first-order chi connectivity index (χ1) is 18.3. The predicted octanol–water partition coefficient (Wildman–Crippen LogP) is 4.30. The highest BCUT2D eigenvalue weighted by Gasteiger charge is 2.68. The van der Waals surface area contributed by atoms with Gasteiger partial charge in [0.2, 0.25) is 11.8 Å². The van der Waals surface area contributed by atoms with Crippen molar-refractivity contribution in [3.8, 4) is 0 Å². The van der Waals surface area contributed by atoms with E-state index in [2.05, 4.69) is 10.3 Å². The van der Waals surface area contributed by atoms with Crippen LogP contribution in [0.5, 0.6) is 0 Å². The first-order valence-electron chi connectivity index (χ1n) is 12.8. The van der Waals surface area contributed by atoms with Crippen LogP contribution in [0.3, 0.4) is 0 Å². The average molecular weight is 508 g/mol. The molecule has 3 heterocycles. The first kappa shape index (κ1) is 24.1. The molecule has 7 nitrogen and oxygen atoms in total. The maximum absolute atomic E-state index is 14.0. The van der Waals surface area contributed by atoms with Crippen LogP contribution in [-0.4, -0.2) is 38.3 Å². The number of amides is 2. The Kier molecular flexibility index (Phi) is 5.69. The van der Waals surface area contributed by atoms with Crippen molar-refractivity contribution in [1.29, 1.82) is 0 Å². The molecular formula is C31H29N3O4. The number of likely N-dealkylation sites (tertiary alicyclic amines) is 1. The zero-order valence-electron chi connectivity index (χ0n) is 21.3. The Hall–Kier alpha value is -4.23. The van der Waals surface area contributed by atoms with Crippen molar-refractivity contribution in [2.24, 2.45) is 11.8 Å². The van der Waals surface area contributed by atoms with Gasteiger partial charge in [0.15, 0.2) is 0 Å². The Labute approximate surface area is 220 Å². The predicted molar refractivity (Wildman–Crippen MR) is 143 cm³/mol. The lowest BCUT2D eigenvalue weighted by atomic mass is 9.76. The summed E-state index contributed by atoms with van der Waals surface area (Å²) >= 11 is 0. The summed E-state index contributed by atoms with van der Waals surface area (Å²) in [6.07, 6.45) is 1.87. The van der Waals surface area contributed by atoms with Gasteiger partial charge in [0.05, 0.1) is 18.4 Å². The van der Waals surface area contributed by atoms with Crippen molar-refractivity contribution in [1.82, 2.24) is 15.2 Å². The molecule has 0 saturated carbocycles. The molecule has 2 aliphatic heterocycles. The monoisotopic (exact) mass is 507 g/mol. The van der Waals surface area contributed by atoms with Gasteiger partial charge in [-0.15, -0.1) is 0 Å². The summed E-state index contributed by atoms with van der Waals surface area (Å²) in [7, 11) is 0. The summed E-state index contributed by atoms with van der Waals surface area (Å²) in [6.45, 7) is 4.04. The van der Waals surface area contributed by atoms with Gasteiger partial charge >= 0.3 is 5.97 Å². The van der Waals surface area contributed by atoms with E-state index in [0.717, 1.165) is 38.7 Å². The molecule has 2 aliphatic rings. The topological polar surface area (TPSA) is 102 Å². The minimum absolute atomic E-state index is 0.0626. The number of aromatic amines is 1. The maximum atomic E-state index is 14.0. The SMILES string of the molecule is Cc1ccc(C)c(C2NC(Cc3c[nH]c4ccccc34)(C(=O)O)C3C(=O)N(Cc4ccccc4)C(=O)C23)c1. The number of nitrogens with zero attached hydrogens (tertiary/aromatic N) is 1. The van der Waals surface area contributed by atoms with Gasteiger partial charge < -0.3 is 10.1 Å². The number of benzene rings is 3. The molecule has 7 heteroatoms. The molecule has 0 aliphatic carbocycles. The number of hydrogen-bond donors (Lipinski definition) is 3. The Morgan fingerprint density at radius 3 is 2.47 bits per heavy atom. The summed E-state index contributed by atoms with van der Waals surface area (Å²) < 4.78 is 0. The minimum atomic E-state index is -1.66. The third-order valence-electron chi connectivity index (χ3n) is 8.22. The van der Waals surface area contributed by atoms with Crippen molar-refractivity contribution in [3.63, 3.8) is 0 Å². The van der Waals surface area contributed by atoms with E-state index in [1.54, 1.807) is 6.20 Å². The molecule has 38 heavy (non-hydrogen) atoms. The second-order valence-corrected chi connectivity index (χ2v) is 10.5. The van der Waals surface area contributed by atoms with Crippen LogP contribution < -0.4 is 5.32 Å². The van der Waals surface area contributed by atoms with Gasteiger partial charge in [-0.25, -0.2) is 0 Å². The summed E-state index contributed by atoms with van der Waals surface area (Å²) in [5.74, 6) is -3.77. The highest BCUT2D eigenvalue weighted by atomic mass is 16.4. The number of carbonyl (C=O) groups excluding carboxylic acids is 2. The summed E-state index contributed by atoms with van der Waals surface area (Å²) in [5.41, 5.74) is 3.65. The molecule has 1 aromatic heterocycles. The van der Waals surface area contributed by atoms with Gasteiger partial charge in [0.1, 0.15) is 5.54 Å². The molecule has 4 atom stereocenters. The molecule has 2 fully saturated rings. The molecule has 0 spiro atoms. The van der Waals surface area contributed by atoms with Crippen molar-refractivity contribution in [3.05, 3.63) is 107 Å². The highest BCUT2D eigenvalue weighted by molar-refractivity contribution is 6.09. The van der Waals surface area contributed by atoms with Crippen LogP contribution in [0.15, 0.2) is 79.0 Å². The van der Waals surface area contributed by atoms with Crippen molar-refractivity contribution in [2.75, 3.05) is 0 Å². The number of fused-ring (bicyclic) bond motifs is 2. The van der Waals surface area contributed by atoms with E-state index in [4.69, 9.17) is 0 Å². The minimum Gasteiger partial charge on any atom is -0.480 e. The van der Waals surface area contributed by atoms with Crippen LogP contribution in [-0.2, 0) is 27.3 Å². The van der Waals surface area contributed by atoms with E-state index < -0.39 is 35.3 Å². The van der Waals surface area contributed by atoms with Crippen LogP contribution >= 0.6 is 0 Å². The quantitative estimate of drug-likeness (QED) is 0.338. The van der Waals surface area contributed by atoms with Crippen molar-refractivity contribution in [2.45, 2.75) is 38.4 Å². The number of carboxylic acids is 1. The summed E-state index contributed by atoms with van der Waals surface area (Å²) in [6, 6.07) is 22.4. The fraction of sp³-hybridized carbons (Fsp3) is 0.258. The molecule has 4 aromatic rings. The van der Waals surface area contributed by atoms with Gasteiger partial charge in [-0.3, -0.25) is 24.6 Å². The van der Waals surface area contributed by atoms with Crippen molar-refractivity contribution < 1.29 is 19.5 Å². The van der Waals surface area contributed by atoms with E-state index in [9.17, 15) is 19.5 Å². The van der Waals surface area contributed by atoms with E-state index in [0.29, 0.717) is 0 Å². The number of aliphatic carboxylic acids is 1. The zero-order valence-corrected chi connectivity index (χ0v) is 21.3. The fourth-order valence-electron chi connectivity index (χ4n) is 6.36. The van der Waals surface area contributed by atoms with Gasteiger partial charge in [0, 0.05) is 29.6 Å². The standard InChI is InChI=1S/C31H29N3O4/c1-18-12-13-19(2)23(14-18)27-25-26(29(36)34(28(25)35)17-20-8-4-3-5-9-20)31(33-27,30(37)38)15-21-16-32-24-11-7-6-10-22(21)24/h3-14,16,25-27,32-33H,15,17H2,1-2H3,(H,37,38). The van der Waals surface area contributed by atoms with Crippen LogP contribution in [0.1, 0.15) is 33.9 Å². The number of nitrogens with one attached hydrogen (secondary N) is 2. The zero-order chi connectivity index (χ0) is 26.6. The largest absolute Gasteiger partial charge is 0.480 e. The molecule has 0 radical (unpaired) electrons. The smallest absolute Gasteiger partial charge is 0.325 e. The number of aromatic nitrogens is 1. The lowest BCUT2D eigenvalue weighted by Gasteiger charge is -2.31. The molecular weight excluding hydrogens is 478 g/mol. The van der Waals surface area contributed by atoms with Gasteiger partial charge in [-0.1, -0.05) is 72.3 Å². The van der Waals surface area contributed by atoms with Crippen molar-refractivity contribution >= 4 is 28.7 Å². The van der Waals surface area contributed by atoms with E-state index in [1.807, 2.05) is 86.6 Å². The van der Waals surface area contributed by atoms with E-state index in [-0.39, 0.29) is 18.9 Å². The molecule has 4 unspecified atom stereocenters. The number of aryl methyl sites for hydroxylation is 2. The lowest BCUT2D eigenvalue weighted by Crippen LogP contribution is -2.57. The number of carbonyl (C=O) groups is 3. The Balaban J connectivity index is 1.49. The number of para-hydroxylation sites is 1. The fourth-order valence-corrected chi connectivity index (χ4v) is 6.36. The normalized spacial score (nSPS) is 24.8. The van der Waals surface area contributed by atoms with Gasteiger partial charge in [-0.05, 0) is 42.2 Å². The Bertz CT molecular complexity index is 1580. The number of H-pyrrole nitrogens is 1. The molecule has 3 aromatic carbocycles. The van der Waals surface area contributed by atoms with Crippen LogP contribution in [0.4, 0.5) is 0 Å². The summed E-state index contributed by atoms with van der Waals surface area (Å²) in [4.78, 5) is 45.7. The number of carboxylic acid groups (broad SMARTS) is 1. The second kappa shape index (κ2) is 8.96. The third-order valence-corrected chi connectivity index (χ3v) is 8.22. The number of rotatable bonds is 6.